The number of alkyl halides is 3. The minimum Gasteiger partial charge on any atom is -0.352 e. The highest BCUT2D eigenvalue weighted by molar-refractivity contribution is 5.78. The van der Waals surface area contributed by atoms with Crippen LogP contribution in [0.3, 0.4) is 0 Å². The summed E-state index contributed by atoms with van der Waals surface area (Å²) in [5.41, 5.74) is -2.35. The van der Waals surface area contributed by atoms with Crippen molar-refractivity contribution >= 4 is 16.8 Å². The van der Waals surface area contributed by atoms with Crippen LogP contribution in [-0.4, -0.2) is 15.5 Å². The molecule has 0 atom stereocenters. The number of carbonyl (C=O) groups is 1. The maximum absolute atomic E-state index is 13.1. The molecule has 0 aliphatic carbocycles. The van der Waals surface area contributed by atoms with Gasteiger partial charge in [0.1, 0.15) is 5.82 Å². The lowest BCUT2D eigenvalue weighted by Crippen LogP contribution is -2.32. The van der Waals surface area contributed by atoms with Crippen LogP contribution in [0.25, 0.3) is 10.9 Å². The summed E-state index contributed by atoms with van der Waals surface area (Å²) in [6.45, 7) is -0.535. The van der Waals surface area contributed by atoms with E-state index in [4.69, 9.17) is 0 Å². The number of hydrogen-bond acceptors (Lipinski definition) is 3. The Morgan fingerprint density at radius 1 is 1.10 bits per heavy atom. The number of rotatable bonds is 5. The molecule has 152 valence electrons. The molecule has 1 aromatic heterocycles. The van der Waals surface area contributed by atoms with Crippen molar-refractivity contribution in [3.8, 4) is 0 Å². The molecule has 2 N–H and O–H groups in total. The van der Waals surface area contributed by atoms with Crippen molar-refractivity contribution in [3.05, 3.63) is 80.2 Å². The average molecular weight is 409 g/mol. The first-order valence-electron chi connectivity index (χ1n) is 8.51. The summed E-state index contributed by atoms with van der Waals surface area (Å²) in [6.07, 6.45) is -4.97. The van der Waals surface area contributed by atoms with Crippen LogP contribution in [0.4, 0.5) is 17.6 Å². The largest absolute Gasteiger partial charge is 0.416 e. The van der Waals surface area contributed by atoms with Crippen molar-refractivity contribution in [2.45, 2.75) is 25.7 Å². The number of fused-ring (bicyclic) bond motifs is 1. The SMILES string of the molecule is O=C(CCn1c(=O)[nH]c(=O)c2ccccc21)NCc1ccc(F)cc1C(F)(F)F. The zero-order valence-electron chi connectivity index (χ0n) is 14.8. The van der Waals surface area contributed by atoms with E-state index in [1.807, 2.05) is 0 Å². The van der Waals surface area contributed by atoms with Crippen LogP contribution in [0.5, 0.6) is 0 Å². The molecule has 0 aliphatic heterocycles. The molecule has 0 radical (unpaired) electrons. The predicted octanol–water partition coefficient (Wildman–Crippen LogP) is 2.55. The molecule has 6 nitrogen and oxygen atoms in total. The van der Waals surface area contributed by atoms with Gasteiger partial charge in [-0.3, -0.25) is 19.1 Å². The lowest BCUT2D eigenvalue weighted by atomic mass is 10.1. The van der Waals surface area contributed by atoms with Gasteiger partial charge >= 0.3 is 11.9 Å². The monoisotopic (exact) mass is 409 g/mol. The number of aryl methyl sites for hydroxylation is 1. The van der Waals surface area contributed by atoms with Gasteiger partial charge in [0.05, 0.1) is 16.5 Å². The Morgan fingerprint density at radius 2 is 1.83 bits per heavy atom. The quantitative estimate of drug-likeness (QED) is 0.636. The third kappa shape index (κ3) is 4.53. The number of amides is 1. The second kappa shape index (κ2) is 7.90. The van der Waals surface area contributed by atoms with Gasteiger partial charge < -0.3 is 5.32 Å². The van der Waals surface area contributed by atoms with Gasteiger partial charge in [-0.05, 0) is 29.8 Å². The van der Waals surface area contributed by atoms with Gasteiger partial charge in [-0.1, -0.05) is 18.2 Å². The molecule has 1 amide bonds. The van der Waals surface area contributed by atoms with Gasteiger partial charge in [-0.2, -0.15) is 13.2 Å². The molecule has 29 heavy (non-hydrogen) atoms. The van der Waals surface area contributed by atoms with Crippen molar-refractivity contribution in [2.75, 3.05) is 0 Å². The van der Waals surface area contributed by atoms with Crippen molar-refractivity contribution in [2.24, 2.45) is 0 Å². The molecule has 0 spiro atoms. The van der Waals surface area contributed by atoms with E-state index in [2.05, 4.69) is 10.3 Å². The fourth-order valence-electron chi connectivity index (χ4n) is 2.93. The van der Waals surface area contributed by atoms with E-state index in [0.717, 1.165) is 12.1 Å². The van der Waals surface area contributed by atoms with Crippen LogP contribution in [0, 0.1) is 5.82 Å². The standard InChI is InChI=1S/C19H15F4N3O3/c20-12-6-5-11(14(9-12)19(21,22)23)10-24-16(27)7-8-26-15-4-2-1-3-13(15)17(28)25-18(26)29/h1-6,9H,7-8,10H2,(H,24,27)(H,25,28,29). The minimum absolute atomic E-state index is 0.0858. The molecule has 0 unspecified atom stereocenters. The first kappa shape index (κ1) is 20.3. The molecule has 0 fully saturated rings. The highest BCUT2D eigenvalue weighted by Crippen LogP contribution is 2.32. The molecular formula is C19H15F4N3O3. The number of nitrogens with zero attached hydrogens (tertiary/aromatic N) is 1. The van der Waals surface area contributed by atoms with Gasteiger partial charge in [0.25, 0.3) is 5.56 Å². The van der Waals surface area contributed by atoms with E-state index in [0.29, 0.717) is 11.6 Å². The van der Waals surface area contributed by atoms with Gasteiger partial charge in [-0.25, -0.2) is 9.18 Å². The number of H-pyrrole nitrogens is 1. The van der Waals surface area contributed by atoms with Gasteiger partial charge in [0, 0.05) is 19.5 Å². The highest BCUT2D eigenvalue weighted by Gasteiger charge is 2.33. The summed E-state index contributed by atoms with van der Waals surface area (Å²) in [5, 5.41) is 2.60. The number of nitrogens with one attached hydrogen (secondary N) is 2. The fraction of sp³-hybridized carbons (Fsp3) is 0.211. The summed E-state index contributed by atoms with van der Waals surface area (Å²) in [4.78, 5) is 38.1. The maximum atomic E-state index is 13.1. The number of carbonyl (C=O) groups excluding carboxylic acids is 1. The van der Waals surface area contributed by atoms with Crippen LogP contribution in [0.1, 0.15) is 17.5 Å². The number of hydrogen-bond donors (Lipinski definition) is 2. The van der Waals surface area contributed by atoms with Crippen LogP contribution in [-0.2, 0) is 24.1 Å². The molecule has 0 saturated carbocycles. The van der Waals surface area contributed by atoms with Gasteiger partial charge in [0.2, 0.25) is 5.91 Å². The van der Waals surface area contributed by atoms with E-state index < -0.39 is 41.3 Å². The second-order valence-electron chi connectivity index (χ2n) is 6.25. The molecule has 2 aromatic carbocycles. The average Bonchev–Trinajstić information content (AvgIpc) is 2.66. The van der Waals surface area contributed by atoms with Gasteiger partial charge in [0.15, 0.2) is 0 Å². The summed E-state index contributed by atoms with van der Waals surface area (Å²) >= 11 is 0. The van der Waals surface area contributed by atoms with E-state index >= 15 is 0 Å². The Balaban J connectivity index is 1.72. The van der Waals surface area contributed by atoms with Crippen molar-refractivity contribution in [1.29, 1.82) is 0 Å². The Labute approximate surface area is 160 Å². The molecule has 3 rings (SSSR count). The van der Waals surface area contributed by atoms with Crippen molar-refractivity contribution in [3.63, 3.8) is 0 Å². The molecule has 3 aromatic rings. The predicted molar refractivity (Wildman–Crippen MR) is 96.7 cm³/mol. The topological polar surface area (TPSA) is 84.0 Å². The minimum atomic E-state index is -4.76. The Morgan fingerprint density at radius 3 is 2.55 bits per heavy atom. The zero-order valence-corrected chi connectivity index (χ0v) is 14.8. The van der Waals surface area contributed by atoms with E-state index in [1.165, 1.54) is 10.6 Å². The smallest absolute Gasteiger partial charge is 0.352 e. The molecule has 0 aliphatic rings. The van der Waals surface area contributed by atoms with Crippen molar-refractivity contribution in [1.82, 2.24) is 14.9 Å². The molecule has 1 heterocycles. The summed E-state index contributed by atoms with van der Waals surface area (Å²) in [7, 11) is 0. The van der Waals surface area contributed by atoms with Crippen LogP contribution in [0.2, 0.25) is 0 Å². The summed E-state index contributed by atoms with van der Waals surface area (Å²) in [5.74, 6) is -1.64. The number of benzene rings is 2. The number of halogens is 4. The normalized spacial score (nSPS) is 11.6. The van der Waals surface area contributed by atoms with E-state index in [1.54, 1.807) is 18.2 Å². The number of aromatic nitrogens is 2. The molecular weight excluding hydrogens is 394 g/mol. The van der Waals surface area contributed by atoms with E-state index in [-0.39, 0.29) is 23.9 Å². The van der Waals surface area contributed by atoms with Gasteiger partial charge in [-0.15, -0.1) is 0 Å². The number of para-hydroxylation sites is 1. The maximum Gasteiger partial charge on any atom is 0.416 e. The summed E-state index contributed by atoms with van der Waals surface area (Å²) in [6, 6.07) is 8.54. The highest BCUT2D eigenvalue weighted by atomic mass is 19.4. The third-order valence-electron chi connectivity index (χ3n) is 4.32. The Bertz CT molecular complexity index is 1180. The molecule has 10 heteroatoms. The van der Waals surface area contributed by atoms with Crippen LogP contribution >= 0.6 is 0 Å². The molecule has 0 bridgehead atoms. The lowest BCUT2D eigenvalue weighted by molar-refractivity contribution is -0.138. The Kier molecular flexibility index (Phi) is 5.53. The second-order valence-corrected chi connectivity index (χ2v) is 6.25. The molecule has 0 saturated heterocycles. The van der Waals surface area contributed by atoms with Crippen LogP contribution in [0.15, 0.2) is 52.1 Å². The fourth-order valence-corrected chi connectivity index (χ4v) is 2.93. The first-order chi connectivity index (χ1) is 13.7. The zero-order chi connectivity index (χ0) is 21.2. The van der Waals surface area contributed by atoms with Crippen LogP contribution < -0.4 is 16.6 Å². The first-order valence-corrected chi connectivity index (χ1v) is 8.51. The number of aromatic amines is 1. The lowest BCUT2D eigenvalue weighted by Gasteiger charge is -2.14. The third-order valence-corrected chi connectivity index (χ3v) is 4.32. The Hall–Kier alpha value is -3.43. The summed E-state index contributed by atoms with van der Waals surface area (Å²) < 4.78 is 53.3. The van der Waals surface area contributed by atoms with E-state index in [9.17, 15) is 31.9 Å². The van der Waals surface area contributed by atoms with Crippen molar-refractivity contribution < 1.29 is 22.4 Å².